The molecule has 136 heavy (non-hydrogen) atoms. The zero-order valence-corrected chi connectivity index (χ0v) is 77.9. The molecular weight excluding hydrogens is 1760 g/mol. The Bertz CT molecular complexity index is 7220. The maximum Gasteiger partial charge on any atom is 0.246 e. The maximum absolute atomic E-state index is 14.5. The molecule has 5 aromatic heterocycles. The Morgan fingerprint density at radius 1 is 0.632 bits per heavy atom. The van der Waals surface area contributed by atoms with Gasteiger partial charge >= 0.3 is 0 Å². The highest BCUT2D eigenvalue weighted by molar-refractivity contribution is 7.89. The second kappa shape index (κ2) is 43.4. The van der Waals surface area contributed by atoms with E-state index >= 15 is 0 Å². The Hall–Kier alpha value is -14.9. The number of nitrogens with zero attached hydrogens (tertiary/aromatic N) is 8. The zero-order valence-electron chi connectivity index (χ0n) is 76.4. The number of sulfonamides is 1. The van der Waals surface area contributed by atoms with Gasteiger partial charge in [0.05, 0.1) is 81.4 Å². The zero-order chi connectivity index (χ0) is 94.9. The summed E-state index contributed by atoms with van der Waals surface area (Å²) in [7, 11) is 0.410. The predicted molar refractivity (Wildman–Crippen MR) is 526 cm³/mol. The summed E-state index contributed by atoms with van der Waals surface area (Å²) in [6.45, 7) is 10.9. The number of hydrogen-bond donors (Lipinski definition) is 7. The van der Waals surface area contributed by atoms with E-state index in [1.807, 2.05) is 116 Å². The molecular formula is C108H104ClF3N15O8S+. The first-order valence-electron chi connectivity index (χ1n) is 45.1. The normalized spacial score (nSPS) is 13.3. The van der Waals surface area contributed by atoms with Crippen molar-refractivity contribution in [2.75, 3.05) is 51.6 Å². The molecule has 2 aliphatic rings. The number of carbonyl (C=O) groups is 3. The molecule has 12 aromatic carbocycles. The largest absolute Gasteiger partial charge is 0.493 e. The van der Waals surface area contributed by atoms with Gasteiger partial charge in [0.1, 0.15) is 64.2 Å². The van der Waals surface area contributed by atoms with E-state index in [1.165, 1.54) is 74.5 Å². The average Bonchev–Trinajstić information content (AvgIpc) is 1.61. The third-order valence-corrected chi connectivity index (χ3v) is 26.5. The lowest BCUT2D eigenvalue weighted by Crippen LogP contribution is -3.12. The van der Waals surface area contributed by atoms with E-state index in [1.54, 1.807) is 76.2 Å². The van der Waals surface area contributed by atoms with Crippen LogP contribution >= 0.6 is 11.6 Å². The first-order chi connectivity index (χ1) is 66.1. The van der Waals surface area contributed by atoms with E-state index in [9.17, 15) is 36.0 Å². The van der Waals surface area contributed by atoms with Crippen LogP contribution in [0.1, 0.15) is 116 Å². The first-order valence-corrected chi connectivity index (χ1v) is 46.9. The molecule has 0 bridgehead atoms. The van der Waals surface area contributed by atoms with Crippen molar-refractivity contribution in [3.8, 4) is 34.1 Å². The molecule has 0 spiro atoms. The van der Waals surface area contributed by atoms with Gasteiger partial charge in [-0.25, -0.2) is 51.5 Å². The number of nitrogens with one attached hydrogen (secondary N) is 7. The number of anilines is 3. The third-order valence-electron chi connectivity index (χ3n) is 24.3. The van der Waals surface area contributed by atoms with Gasteiger partial charge in [-0.2, -0.15) is 4.31 Å². The number of piperidine rings is 1. The number of ether oxygens (including phenoxy) is 3. The van der Waals surface area contributed by atoms with E-state index in [0.29, 0.717) is 79.9 Å². The van der Waals surface area contributed by atoms with Gasteiger partial charge in [0.25, 0.3) is 0 Å². The first kappa shape index (κ1) is 94.3. The number of imidazole rings is 2. The number of ketones is 1. The molecule has 1 aliphatic carbocycles. The highest BCUT2D eigenvalue weighted by Crippen LogP contribution is 2.43. The Kier molecular flexibility index (Phi) is 30.1. The van der Waals surface area contributed by atoms with Gasteiger partial charge in [0.2, 0.25) is 27.6 Å². The Morgan fingerprint density at radius 3 is 2.01 bits per heavy atom. The van der Waals surface area contributed by atoms with Crippen molar-refractivity contribution in [2.45, 2.75) is 110 Å². The van der Waals surface area contributed by atoms with E-state index in [4.69, 9.17) is 30.8 Å². The summed E-state index contributed by atoms with van der Waals surface area (Å²) in [4.78, 5) is 74.4. The summed E-state index contributed by atoms with van der Waals surface area (Å²) in [6, 6.07) is 79.8. The minimum Gasteiger partial charge on any atom is -0.493 e. The lowest BCUT2D eigenvalue weighted by atomic mass is 9.87. The Balaban J connectivity index is 0.000000132. The summed E-state index contributed by atoms with van der Waals surface area (Å²) in [6.07, 6.45) is 9.53. The van der Waals surface area contributed by atoms with Crippen LogP contribution in [0.3, 0.4) is 0 Å². The molecule has 19 rings (SSSR count). The molecule has 28 heteroatoms. The van der Waals surface area contributed by atoms with Gasteiger partial charge in [-0.3, -0.25) is 14.4 Å². The minimum atomic E-state index is -4.37. The highest BCUT2D eigenvalue weighted by atomic mass is 35.5. The van der Waals surface area contributed by atoms with Crippen LogP contribution in [0.2, 0.25) is 5.02 Å². The number of amides is 2. The minimum absolute atomic E-state index is 0.113. The molecule has 692 valence electrons. The molecule has 0 radical (unpaired) electrons. The predicted octanol–water partition coefficient (Wildman–Crippen LogP) is 19.9. The number of halogens is 4. The molecule has 0 saturated carbocycles. The topological polar surface area (TPSA) is 283 Å². The lowest BCUT2D eigenvalue weighted by Gasteiger charge is -2.29. The van der Waals surface area contributed by atoms with Crippen LogP contribution in [0.4, 0.5) is 30.5 Å². The van der Waals surface area contributed by atoms with Crippen molar-refractivity contribution >= 4 is 100 Å². The number of quaternary nitrogens is 1. The number of benzene rings is 12. The van der Waals surface area contributed by atoms with E-state index in [-0.39, 0.29) is 49.5 Å². The summed E-state index contributed by atoms with van der Waals surface area (Å²) in [5, 5.41) is 17.1. The standard InChI is InChI=1S/C28H24ClFN2O3S.C28H26N4O3.C27H24F2N6O.C25H29N3O/c29-24-16-8-7-15-23(24)19-32(36(34,35)26-18-10-9-17-25(26)30)20-27(33)31-28(21-11-3-1-4-12-21)22-13-5-2-6-14-22;1-18-9-8-12-21(13-18)32-16-22(19-10-6-5-7-11-19)25-27(29-17-30-28(25)32)31-20-14-23(33-2)26(35-4)24(15-20)34-3;1-16-5-4-7-19-26(16)34-24(35-27(19)31-14-17-6-2-3-8-20(17)29)15-30-25(36)12-11-23-32-21-10-9-18(28)13-22(21)33-23;1-3-23-26-16(2)22(27-23)15-28-13-5-7-19(14-28)25(29)21-12-11-18-10-9-17-6-4-8-20(21)24(17)18/h1-18,28H,19-20H2,(H,31,33);5-17H,1-4H3,(H,29,30,31);2-10,13H,11-12,14-15H2,1H3,(H,30,36)(H,32,33)(H,31,34,35);4,6,8,11-12,19H,3,5,7,9-10,13-15H2,1-2H3,(H,26,27)/p+1/t;;;19-/m...1/s1. The monoisotopic (exact) mass is 1860 g/mol. The summed E-state index contributed by atoms with van der Waals surface area (Å²) < 4.78 is 88.5. The molecule has 2 amide bonds. The molecule has 17 aromatic rings. The van der Waals surface area contributed by atoms with Crippen LogP contribution in [0.25, 0.3) is 60.6 Å². The highest BCUT2D eigenvalue weighted by Gasteiger charge is 2.34. The van der Waals surface area contributed by atoms with Crippen molar-refractivity contribution in [2.24, 2.45) is 5.92 Å². The van der Waals surface area contributed by atoms with Gasteiger partial charge in [-0.1, -0.05) is 213 Å². The average molecular weight is 1860 g/mol. The van der Waals surface area contributed by atoms with Gasteiger partial charge in [0.15, 0.2) is 28.8 Å². The second-order valence-electron chi connectivity index (χ2n) is 33.5. The van der Waals surface area contributed by atoms with E-state index in [0.717, 1.165) is 140 Å². The molecule has 7 N–H and O–H groups in total. The smallest absolute Gasteiger partial charge is 0.246 e. The molecule has 1 fully saturated rings. The van der Waals surface area contributed by atoms with Crippen molar-refractivity contribution in [1.29, 1.82) is 0 Å². The SMILES string of the molecule is CCc1nc(C[NH+]2CCC[C@@H](C(=O)c3ccc4c5c(cccc35)CC4)C2)c(C)[nH]1.COc1cc(Nc2ncnc3c2c(-c2ccccc2)cn3-c2cccc(C)c2)cc(OC)c1OC.Cc1cccc2c(NCc3ccccc3F)nc(CNC(=O)CCc3nc4ccc(F)cc4[nH]3)nc12.O=C(CN(Cc1ccccc1Cl)S(=O)(=O)c1ccccc1F)NC(c1ccccc1)c1ccccc1. The number of hydrogen-bond acceptors (Lipinski definition) is 16. The van der Waals surface area contributed by atoms with Gasteiger partial charge in [0, 0.05) is 94.8 Å². The molecule has 23 nitrogen and oxygen atoms in total. The number of carbonyl (C=O) groups excluding carboxylic acids is 3. The number of para-hydroxylation sites is 1. The Morgan fingerprint density at radius 2 is 1.31 bits per heavy atom. The van der Waals surface area contributed by atoms with Crippen LogP contribution < -0.4 is 40.4 Å². The van der Waals surface area contributed by atoms with E-state index < -0.39 is 39.2 Å². The fraction of sp³-hybridized carbons (Fsp3) is 0.213. The fourth-order valence-corrected chi connectivity index (χ4v) is 19.1. The summed E-state index contributed by atoms with van der Waals surface area (Å²) in [5.74, 6) is 3.21. The van der Waals surface area contributed by atoms with Crippen LogP contribution in [0, 0.1) is 44.1 Å². The Labute approximate surface area is 792 Å². The third kappa shape index (κ3) is 22.1. The van der Waals surface area contributed by atoms with Gasteiger partial charge < -0.3 is 54.9 Å². The van der Waals surface area contributed by atoms with Crippen LogP contribution in [-0.4, -0.2) is 116 Å². The molecule has 1 aliphatic heterocycles. The molecule has 2 atom stereocenters. The number of rotatable bonds is 29. The van der Waals surface area contributed by atoms with Crippen molar-refractivity contribution in [1.82, 2.24) is 59.4 Å². The van der Waals surface area contributed by atoms with Crippen molar-refractivity contribution < 1.29 is 55.1 Å². The molecule has 1 unspecified atom stereocenters. The van der Waals surface area contributed by atoms with E-state index in [2.05, 4.69) is 154 Å². The summed E-state index contributed by atoms with van der Waals surface area (Å²) in [5.41, 5.74) is 17.6. The van der Waals surface area contributed by atoms with Gasteiger partial charge in [-0.05, 0) is 162 Å². The number of fused-ring (bicyclic) bond motifs is 3. The number of aryl methyl sites for hydroxylation is 7. The van der Waals surface area contributed by atoms with Crippen LogP contribution in [-0.2, 0) is 71.5 Å². The fourth-order valence-electron chi connectivity index (χ4n) is 17.5. The summed E-state index contributed by atoms with van der Waals surface area (Å²) >= 11 is 6.28. The van der Waals surface area contributed by atoms with Crippen LogP contribution in [0.15, 0.2) is 284 Å². The van der Waals surface area contributed by atoms with Gasteiger partial charge in [-0.15, -0.1) is 0 Å². The molecule has 1 saturated heterocycles. The number of methoxy groups -OCH3 is 3. The number of aromatic amines is 2. The van der Waals surface area contributed by atoms with Crippen molar-refractivity contribution in [3.63, 3.8) is 0 Å². The number of likely N-dealkylation sites (tertiary alicyclic amines) is 1. The number of H-pyrrole nitrogens is 2. The van der Waals surface area contributed by atoms with Crippen LogP contribution in [0.5, 0.6) is 17.2 Å². The number of Topliss-reactive ketones (excluding diaryl/α,β-unsaturated/α-hetero) is 1. The quantitative estimate of drug-likeness (QED) is 0.0215. The lowest BCUT2D eigenvalue weighted by molar-refractivity contribution is -0.921. The second-order valence-corrected chi connectivity index (χ2v) is 35.8. The van der Waals surface area contributed by atoms with Crippen molar-refractivity contribution in [3.05, 3.63) is 381 Å². The number of aromatic nitrogens is 9. The maximum atomic E-state index is 14.5. The molecule has 6 heterocycles.